The summed E-state index contributed by atoms with van der Waals surface area (Å²) in [6.45, 7) is 0.274. The number of benzene rings is 5. The summed E-state index contributed by atoms with van der Waals surface area (Å²) >= 11 is 1.45. The lowest BCUT2D eigenvalue weighted by atomic mass is 10.0. The minimum atomic E-state index is -0.967. The monoisotopic (exact) mass is 676 g/mol. The zero-order valence-electron chi connectivity index (χ0n) is 26.5. The fourth-order valence-electron chi connectivity index (χ4n) is 5.36. The lowest BCUT2D eigenvalue weighted by Crippen LogP contribution is -2.31. The molecule has 250 valence electrons. The number of carboxylic acids is 1. The van der Waals surface area contributed by atoms with E-state index in [0.29, 0.717) is 35.1 Å². The first kappa shape index (κ1) is 33.8. The standard InChI is InChI=1S/C39H36N2O7S/c42-24-27-12-14-28(15-13-27)35-22-33(25-49-36-9-5-4-8-34(36)37(43)44)47-38(48-35)29-16-10-26(11-17-29)23-40-39(45)41-30-18-20-32(21-19-30)46-31-6-2-1-3-7-31/h1-21,33,35,38,42H,22-25H2,(H,43,44)(H2,40,41,45)/t33-,35+,38+/m1/s1. The molecule has 10 heteroatoms. The Labute approximate surface area is 288 Å². The quantitative estimate of drug-likeness (QED) is 0.0972. The van der Waals surface area contributed by atoms with Crippen molar-refractivity contribution in [2.45, 2.75) is 43.0 Å². The van der Waals surface area contributed by atoms with Gasteiger partial charge in [-0.25, -0.2) is 9.59 Å². The van der Waals surface area contributed by atoms with E-state index in [2.05, 4.69) is 10.6 Å². The second-order valence-electron chi connectivity index (χ2n) is 11.5. The molecule has 9 nitrogen and oxygen atoms in total. The molecule has 5 aromatic carbocycles. The maximum Gasteiger partial charge on any atom is 0.336 e. The van der Waals surface area contributed by atoms with Crippen LogP contribution in [0.15, 0.2) is 132 Å². The summed E-state index contributed by atoms with van der Waals surface area (Å²) in [6.07, 6.45) is -0.569. The molecule has 4 N–H and O–H groups in total. The zero-order chi connectivity index (χ0) is 34.0. The van der Waals surface area contributed by atoms with E-state index in [9.17, 15) is 19.8 Å². The van der Waals surface area contributed by atoms with E-state index in [1.54, 1.807) is 42.5 Å². The van der Waals surface area contributed by atoms with Crippen molar-refractivity contribution in [3.8, 4) is 11.5 Å². The largest absolute Gasteiger partial charge is 0.478 e. The molecule has 1 aliphatic rings. The SMILES string of the molecule is O=C(NCc1ccc([C@H]2O[C@@H](CSc3ccccc3C(=O)O)C[C@@H](c3ccc(CO)cc3)O2)cc1)Nc1ccc(Oc2ccccc2)cc1. The van der Waals surface area contributed by atoms with Crippen LogP contribution in [0.1, 0.15) is 51.4 Å². The third kappa shape index (κ3) is 9.27. The number of carbonyl (C=O) groups excluding carboxylic acids is 1. The van der Waals surface area contributed by atoms with Crippen LogP contribution in [0, 0.1) is 0 Å². The maximum absolute atomic E-state index is 12.6. The van der Waals surface area contributed by atoms with Gasteiger partial charge >= 0.3 is 12.0 Å². The van der Waals surface area contributed by atoms with Gasteiger partial charge in [-0.05, 0) is 65.2 Å². The van der Waals surface area contributed by atoms with Crippen molar-refractivity contribution in [1.29, 1.82) is 0 Å². The van der Waals surface area contributed by atoms with E-state index in [0.717, 1.165) is 28.0 Å². The third-order valence-electron chi connectivity index (χ3n) is 7.95. The average Bonchev–Trinajstić information content (AvgIpc) is 3.14. The van der Waals surface area contributed by atoms with Crippen LogP contribution in [-0.4, -0.2) is 34.1 Å². The molecule has 0 spiro atoms. The molecule has 1 aliphatic heterocycles. The number of thioether (sulfide) groups is 1. The van der Waals surface area contributed by atoms with Crippen LogP contribution >= 0.6 is 11.8 Å². The van der Waals surface area contributed by atoms with Gasteiger partial charge in [-0.1, -0.05) is 78.9 Å². The Balaban J connectivity index is 1.07. The minimum absolute atomic E-state index is 0.0413. The molecule has 0 radical (unpaired) electrons. The predicted molar refractivity (Wildman–Crippen MR) is 188 cm³/mol. The van der Waals surface area contributed by atoms with Crippen molar-refractivity contribution < 1.29 is 34.0 Å². The van der Waals surface area contributed by atoms with E-state index in [1.807, 2.05) is 84.9 Å². The van der Waals surface area contributed by atoms with Gasteiger partial charge in [-0.2, -0.15) is 0 Å². The number of carbonyl (C=O) groups is 2. The Kier molecular flexibility index (Phi) is 11.2. The van der Waals surface area contributed by atoms with Gasteiger partial charge in [0.15, 0.2) is 6.29 Å². The Morgan fingerprint density at radius 1 is 0.755 bits per heavy atom. The highest BCUT2D eigenvalue weighted by molar-refractivity contribution is 7.99. The molecule has 2 amide bonds. The van der Waals surface area contributed by atoms with Crippen LogP contribution in [0.2, 0.25) is 0 Å². The number of rotatable bonds is 12. The van der Waals surface area contributed by atoms with Gasteiger partial charge < -0.3 is 35.1 Å². The topological polar surface area (TPSA) is 126 Å². The van der Waals surface area contributed by atoms with Gasteiger partial charge in [-0.15, -0.1) is 11.8 Å². The lowest BCUT2D eigenvalue weighted by molar-refractivity contribution is -0.245. The molecule has 49 heavy (non-hydrogen) atoms. The molecule has 1 saturated heterocycles. The number of urea groups is 1. The van der Waals surface area contributed by atoms with Crippen LogP contribution in [0.5, 0.6) is 11.5 Å². The summed E-state index contributed by atoms with van der Waals surface area (Å²) in [4.78, 5) is 25.0. The van der Waals surface area contributed by atoms with Crippen LogP contribution in [0.25, 0.3) is 0 Å². The van der Waals surface area contributed by atoms with Crippen molar-refractivity contribution in [1.82, 2.24) is 5.32 Å². The molecular weight excluding hydrogens is 641 g/mol. The summed E-state index contributed by atoms with van der Waals surface area (Å²) in [7, 11) is 0. The molecule has 0 saturated carbocycles. The number of aliphatic hydroxyl groups is 1. The number of hydrogen-bond acceptors (Lipinski definition) is 7. The normalized spacial score (nSPS) is 17.2. The highest BCUT2D eigenvalue weighted by Gasteiger charge is 2.32. The van der Waals surface area contributed by atoms with E-state index in [1.165, 1.54) is 11.8 Å². The third-order valence-corrected chi connectivity index (χ3v) is 9.16. The van der Waals surface area contributed by atoms with Crippen LogP contribution in [0.4, 0.5) is 10.5 Å². The Morgan fingerprint density at radius 3 is 2.12 bits per heavy atom. The molecular formula is C39H36N2O7S. The number of aromatic carboxylic acids is 1. The Morgan fingerprint density at radius 2 is 1.41 bits per heavy atom. The van der Waals surface area contributed by atoms with Crippen molar-refractivity contribution in [2.24, 2.45) is 0 Å². The molecule has 5 aromatic rings. The van der Waals surface area contributed by atoms with Crippen molar-refractivity contribution in [3.63, 3.8) is 0 Å². The highest BCUT2D eigenvalue weighted by atomic mass is 32.2. The Bertz CT molecular complexity index is 1840. The van der Waals surface area contributed by atoms with Crippen LogP contribution < -0.4 is 15.4 Å². The number of aliphatic hydroxyl groups excluding tert-OH is 1. The van der Waals surface area contributed by atoms with E-state index >= 15 is 0 Å². The van der Waals surface area contributed by atoms with Crippen LogP contribution in [0.3, 0.4) is 0 Å². The molecule has 6 rings (SSSR count). The zero-order valence-corrected chi connectivity index (χ0v) is 27.3. The number of hydrogen-bond donors (Lipinski definition) is 4. The van der Waals surface area contributed by atoms with Gasteiger partial charge in [0.05, 0.1) is 24.4 Å². The number of amides is 2. The fourth-order valence-corrected chi connectivity index (χ4v) is 6.42. The second kappa shape index (κ2) is 16.3. The summed E-state index contributed by atoms with van der Waals surface area (Å²) in [5, 5.41) is 24.8. The van der Waals surface area contributed by atoms with Crippen molar-refractivity contribution >= 4 is 29.4 Å². The van der Waals surface area contributed by atoms with Gasteiger partial charge in [0.1, 0.15) is 11.5 Å². The molecule has 1 heterocycles. The number of para-hydroxylation sites is 1. The van der Waals surface area contributed by atoms with Gasteiger partial charge in [0.25, 0.3) is 0 Å². The highest BCUT2D eigenvalue weighted by Crippen LogP contribution is 2.40. The lowest BCUT2D eigenvalue weighted by Gasteiger charge is -2.36. The summed E-state index contributed by atoms with van der Waals surface area (Å²) in [5.74, 6) is 0.976. The molecule has 1 fully saturated rings. The number of anilines is 1. The smallest absolute Gasteiger partial charge is 0.336 e. The van der Waals surface area contributed by atoms with E-state index in [4.69, 9.17) is 14.2 Å². The fraction of sp³-hybridized carbons (Fsp3) is 0.179. The number of nitrogens with one attached hydrogen (secondary N) is 2. The second-order valence-corrected chi connectivity index (χ2v) is 12.5. The molecule has 0 aromatic heterocycles. The maximum atomic E-state index is 12.6. The number of ether oxygens (including phenoxy) is 3. The molecule has 3 atom stereocenters. The summed E-state index contributed by atoms with van der Waals surface area (Å²) < 4.78 is 18.7. The first-order chi connectivity index (χ1) is 23.9. The summed E-state index contributed by atoms with van der Waals surface area (Å²) in [6, 6.07) is 38.6. The Hall–Kier alpha value is -5.13. The van der Waals surface area contributed by atoms with Gasteiger partial charge in [0.2, 0.25) is 0 Å². The molecule has 0 bridgehead atoms. The van der Waals surface area contributed by atoms with Crippen LogP contribution in [-0.2, 0) is 22.6 Å². The van der Waals surface area contributed by atoms with Gasteiger partial charge in [-0.3, -0.25) is 0 Å². The first-order valence-corrected chi connectivity index (χ1v) is 16.8. The van der Waals surface area contributed by atoms with Gasteiger partial charge in [0, 0.05) is 34.9 Å². The first-order valence-electron chi connectivity index (χ1n) is 15.9. The van der Waals surface area contributed by atoms with E-state index < -0.39 is 12.3 Å². The summed E-state index contributed by atoms with van der Waals surface area (Å²) in [5.41, 5.74) is 4.40. The van der Waals surface area contributed by atoms with E-state index in [-0.39, 0.29) is 30.4 Å². The molecule has 0 aliphatic carbocycles. The van der Waals surface area contributed by atoms with Crippen molar-refractivity contribution in [2.75, 3.05) is 11.1 Å². The van der Waals surface area contributed by atoms with Crippen molar-refractivity contribution in [3.05, 3.63) is 155 Å². The number of carboxylic acid groups (broad SMARTS) is 1. The average molecular weight is 677 g/mol. The molecule has 0 unspecified atom stereocenters. The predicted octanol–water partition coefficient (Wildman–Crippen LogP) is 8.33. The minimum Gasteiger partial charge on any atom is -0.478 e.